The van der Waals surface area contributed by atoms with E-state index in [0.717, 1.165) is 24.3 Å². The van der Waals surface area contributed by atoms with Crippen LogP contribution in [-0.4, -0.2) is 29.9 Å². The quantitative estimate of drug-likeness (QED) is 0.777. The van der Waals surface area contributed by atoms with Crippen LogP contribution < -0.4 is 5.32 Å². The van der Waals surface area contributed by atoms with Crippen LogP contribution in [0.3, 0.4) is 0 Å². The van der Waals surface area contributed by atoms with Crippen molar-refractivity contribution in [3.63, 3.8) is 0 Å². The van der Waals surface area contributed by atoms with Crippen LogP contribution in [0, 0.1) is 6.92 Å². The smallest absolute Gasteiger partial charge is 0.251 e. The van der Waals surface area contributed by atoms with Gasteiger partial charge in [0.25, 0.3) is 5.91 Å². The summed E-state index contributed by atoms with van der Waals surface area (Å²) in [5, 5.41) is 3.81. The number of rotatable bonds is 5. The molecule has 3 aromatic rings. The second kappa shape index (κ2) is 7.45. The third kappa shape index (κ3) is 4.22. The van der Waals surface area contributed by atoms with Crippen molar-refractivity contribution in [2.45, 2.75) is 20.0 Å². The average molecular weight is 333 g/mol. The Labute approximate surface area is 148 Å². The molecule has 0 fully saturated rings. The van der Waals surface area contributed by atoms with Crippen LogP contribution in [0.5, 0.6) is 0 Å². The third-order valence-electron chi connectivity index (χ3n) is 4.24. The molecule has 128 valence electrons. The molecular formula is C21H23N3O. The molecule has 4 nitrogen and oxygen atoms in total. The molecule has 1 heterocycles. The average Bonchev–Trinajstić information content (AvgIpc) is 2.61. The molecule has 0 saturated heterocycles. The van der Waals surface area contributed by atoms with Crippen molar-refractivity contribution in [3.05, 3.63) is 77.0 Å². The number of carbonyl (C=O) groups excluding carboxylic acids is 1. The van der Waals surface area contributed by atoms with E-state index in [1.54, 1.807) is 7.05 Å². The van der Waals surface area contributed by atoms with Gasteiger partial charge in [-0.15, -0.1) is 0 Å². The number of aryl methyl sites for hydroxylation is 1. The SMILES string of the molecule is CNC(=O)c1ccc(CN(C)Cc2ccc3nc(C)ccc3c2)cc1. The van der Waals surface area contributed by atoms with Gasteiger partial charge >= 0.3 is 0 Å². The van der Waals surface area contributed by atoms with E-state index in [4.69, 9.17) is 0 Å². The highest BCUT2D eigenvalue weighted by molar-refractivity contribution is 5.93. The molecule has 0 atom stereocenters. The van der Waals surface area contributed by atoms with Crippen LogP contribution in [0.1, 0.15) is 27.2 Å². The van der Waals surface area contributed by atoms with Crippen molar-refractivity contribution < 1.29 is 4.79 Å². The number of benzene rings is 2. The van der Waals surface area contributed by atoms with Gasteiger partial charge in [0.1, 0.15) is 0 Å². The number of nitrogens with one attached hydrogen (secondary N) is 1. The largest absolute Gasteiger partial charge is 0.355 e. The molecule has 0 aliphatic carbocycles. The van der Waals surface area contributed by atoms with Crippen molar-refractivity contribution >= 4 is 16.8 Å². The number of fused-ring (bicyclic) bond motifs is 1. The lowest BCUT2D eigenvalue weighted by Gasteiger charge is -2.17. The van der Waals surface area contributed by atoms with E-state index in [1.165, 1.54) is 16.5 Å². The molecule has 0 aliphatic rings. The van der Waals surface area contributed by atoms with Crippen molar-refractivity contribution in [2.75, 3.05) is 14.1 Å². The van der Waals surface area contributed by atoms with Gasteiger partial charge in [-0.05, 0) is 55.4 Å². The lowest BCUT2D eigenvalue weighted by molar-refractivity contribution is 0.0963. The molecule has 3 rings (SSSR count). The second-order valence-corrected chi connectivity index (χ2v) is 6.43. The maximum absolute atomic E-state index is 11.6. The van der Waals surface area contributed by atoms with E-state index in [2.05, 4.69) is 46.5 Å². The van der Waals surface area contributed by atoms with Crippen LogP contribution in [0.15, 0.2) is 54.6 Å². The van der Waals surface area contributed by atoms with Gasteiger partial charge < -0.3 is 5.32 Å². The number of hydrogen-bond acceptors (Lipinski definition) is 3. The maximum atomic E-state index is 11.6. The van der Waals surface area contributed by atoms with E-state index < -0.39 is 0 Å². The molecule has 1 N–H and O–H groups in total. The maximum Gasteiger partial charge on any atom is 0.251 e. The Balaban J connectivity index is 1.66. The summed E-state index contributed by atoms with van der Waals surface area (Å²) in [6, 6.07) is 18.3. The number of hydrogen-bond donors (Lipinski definition) is 1. The van der Waals surface area contributed by atoms with Gasteiger partial charge in [-0.1, -0.05) is 24.3 Å². The molecule has 0 unspecified atom stereocenters. The van der Waals surface area contributed by atoms with E-state index in [0.29, 0.717) is 5.56 Å². The Hall–Kier alpha value is -2.72. The minimum atomic E-state index is -0.0556. The second-order valence-electron chi connectivity index (χ2n) is 6.43. The Morgan fingerprint density at radius 3 is 2.40 bits per heavy atom. The molecular weight excluding hydrogens is 310 g/mol. The first-order valence-electron chi connectivity index (χ1n) is 8.41. The highest BCUT2D eigenvalue weighted by Crippen LogP contribution is 2.17. The number of pyridine rings is 1. The molecule has 0 radical (unpaired) electrons. The fourth-order valence-corrected chi connectivity index (χ4v) is 2.96. The highest BCUT2D eigenvalue weighted by atomic mass is 16.1. The predicted octanol–water partition coefficient (Wildman–Crippen LogP) is 3.53. The van der Waals surface area contributed by atoms with Crippen LogP contribution in [0.2, 0.25) is 0 Å². The monoisotopic (exact) mass is 333 g/mol. The van der Waals surface area contributed by atoms with Gasteiger partial charge in [0.05, 0.1) is 5.52 Å². The summed E-state index contributed by atoms with van der Waals surface area (Å²) in [7, 11) is 3.74. The van der Waals surface area contributed by atoms with Gasteiger partial charge in [-0.25, -0.2) is 0 Å². The number of carbonyl (C=O) groups is 1. The van der Waals surface area contributed by atoms with E-state index in [9.17, 15) is 4.79 Å². The highest BCUT2D eigenvalue weighted by Gasteiger charge is 2.06. The van der Waals surface area contributed by atoms with Crippen molar-refractivity contribution in [1.82, 2.24) is 15.2 Å². The molecule has 4 heteroatoms. The summed E-state index contributed by atoms with van der Waals surface area (Å²) in [5.74, 6) is -0.0556. The van der Waals surface area contributed by atoms with E-state index in [-0.39, 0.29) is 5.91 Å². The molecule has 2 aromatic carbocycles. The van der Waals surface area contributed by atoms with Crippen LogP contribution in [-0.2, 0) is 13.1 Å². The first-order valence-corrected chi connectivity index (χ1v) is 8.41. The Kier molecular flexibility index (Phi) is 5.10. The zero-order valence-electron chi connectivity index (χ0n) is 14.9. The standard InChI is InChI=1S/C21H23N3O/c1-15-4-8-19-12-17(7-11-20(19)23-15)14-24(3)13-16-5-9-18(10-6-16)21(25)22-2/h4-12H,13-14H2,1-3H3,(H,22,25). The van der Waals surface area contributed by atoms with E-state index in [1.807, 2.05) is 37.3 Å². The summed E-state index contributed by atoms with van der Waals surface area (Å²) in [4.78, 5) is 18.4. The van der Waals surface area contributed by atoms with Gasteiger partial charge in [0.15, 0.2) is 0 Å². The summed E-state index contributed by atoms with van der Waals surface area (Å²) < 4.78 is 0. The molecule has 0 aliphatic heterocycles. The first-order chi connectivity index (χ1) is 12.0. The van der Waals surface area contributed by atoms with Gasteiger partial charge in [0, 0.05) is 36.8 Å². The minimum absolute atomic E-state index is 0.0556. The fraction of sp³-hybridized carbons (Fsp3) is 0.238. The molecule has 0 saturated carbocycles. The zero-order chi connectivity index (χ0) is 17.8. The van der Waals surface area contributed by atoms with Crippen molar-refractivity contribution in [2.24, 2.45) is 0 Å². The molecule has 0 bridgehead atoms. The van der Waals surface area contributed by atoms with Crippen LogP contribution in [0.25, 0.3) is 10.9 Å². The Bertz CT molecular complexity index is 887. The predicted molar refractivity (Wildman–Crippen MR) is 101 cm³/mol. The number of nitrogens with zero attached hydrogens (tertiary/aromatic N) is 2. The molecule has 1 amide bonds. The summed E-state index contributed by atoms with van der Waals surface area (Å²) in [6.07, 6.45) is 0. The summed E-state index contributed by atoms with van der Waals surface area (Å²) in [5.41, 5.74) is 5.22. The third-order valence-corrected chi connectivity index (χ3v) is 4.24. The van der Waals surface area contributed by atoms with Crippen molar-refractivity contribution in [3.8, 4) is 0 Å². The summed E-state index contributed by atoms with van der Waals surface area (Å²) in [6.45, 7) is 3.70. The normalized spacial score (nSPS) is 11.0. The number of aromatic nitrogens is 1. The molecule has 25 heavy (non-hydrogen) atoms. The lowest BCUT2D eigenvalue weighted by atomic mass is 10.1. The van der Waals surface area contributed by atoms with E-state index >= 15 is 0 Å². The van der Waals surface area contributed by atoms with Gasteiger partial charge in [0.2, 0.25) is 0 Å². The lowest BCUT2D eigenvalue weighted by Crippen LogP contribution is -2.19. The summed E-state index contributed by atoms with van der Waals surface area (Å²) >= 11 is 0. The zero-order valence-corrected chi connectivity index (χ0v) is 14.9. The minimum Gasteiger partial charge on any atom is -0.355 e. The Morgan fingerprint density at radius 1 is 1.00 bits per heavy atom. The topological polar surface area (TPSA) is 45.2 Å². The van der Waals surface area contributed by atoms with Crippen LogP contribution >= 0.6 is 0 Å². The van der Waals surface area contributed by atoms with Gasteiger partial charge in [-0.2, -0.15) is 0 Å². The molecule has 0 spiro atoms. The Morgan fingerprint density at radius 2 is 1.68 bits per heavy atom. The van der Waals surface area contributed by atoms with Crippen molar-refractivity contribution in [1.29, 1.82) is 0 Å². The van der Waals surface area contributed by atoms with Gasteiger partial charge in [-0.3, -0.25) is 14.7 Å². The molecule has 1 aromatic heterocycles. The first kappa shape index (κ1) is 17.1. The number of amides is 1. The van der Waals surface area contributed by atoms with Crippen LogP contribution in [0.4, 0.5) is 0 Å². The fourth-order valence-electron chi connectivity index (χ4n) is 2.96.